The van der Waals surface area contributed by atoms with Crippen LogP contribution in [-0.4, -0.2) is 25.5 Å². The number of hydrogen-bond acceptors (Lipinski definition) is 2. The van der Waals surface area contributed by atoms with Crippen molar-refractivity contribution in [1.29, 1.82) is 0 Å². The van der Waals surface area contributed by atoms with Gasteiger partial charge in [0.25, 0.3) is 0 Å². The Bertz CT molecular complexity index is 225. The molecule has 17 heavy (non-hydrogen) atoms. The first-order chi connectivity index (χ1) is 7.84. The predicted octanol–water partition coefficient (Wildman–Crippen LogP) is 2.10. The topological polar surface area (TPSA) is 41.1 Å². The average molecular weight is 261 g/mol. The maximum atomic E-state index is 11.6. The molecule has 1 heterocycles. The molecule has 2 fully saturated rings. The van der Waals surface area contributed by atoms with Crippen LogP contribution in [0.4, 0.5) is 0 Å². The Morgan fingerprint density at radius 1 is 1.18 bits per heavy atom. The third kappa shape index (κ3) is 5.26. The highest BCUT2D eigenvalue weighted by Crippen LogP contribution is 2.29. The number of halogens is 1. The van der Waals surface area contributed by atoms with Crippen LogP contribution >= 0.6 is 12.4 Å². The molecule has 0 radical (unpaired) electrons. The van der Waals surface area contributed by atoms with Crippen molar-refractivity contribution in [1.82, 2.24) is 10.6 Å². The van der Waals surface area contributed by atoms with E-state index in [2.05, 4.69) is 10.6 Å². The van der Waals surface area contributed by atoms with Crippen molar-refractivity contribution >= 4 is 18.3 Å². The van der Waals surface area contributed by atoms with E-state index in [0.717, 1.165) is 31.8 Å². The number of hydrogen-bond donors (Lipinski definition) is 2. The highest BCUT2D eigenvalue weighted by atomic mass is 35.5. The Morgan fingerprint density at radius 2 is 1.94 bits per heavy atom. The van der Waals surface area contributed by atoms with Crippen LogP contribution in [0.15, 0.2) is 0 Å². The van der Waals surface area contributed by atoms with Gasteiger partial charge in [0.1, 0.15) is 0 Å². The number of carbonyl (C=O) groups excluding carboxylic acids is 1. The SMILES string of the molecule is Cl.O=C(CC1CCC1)NCCC1CCCNC1. The van der Waals surface area contributed by atoms with Crippen molar-refractivity contribution in [2.24, 2.45) is 11.8 Å². The smallest absolute Gasteiger partial charge is 0.220 e. The summed E-state index contributed by atoms with van der Waals surface area (Å²) in [5, 5.41) is 6.47. The van der Waals surface area contributed by atoms with Crippen LogP contribution in [0.25, 0.3) is 0 Å². The molecule has 2 aliphatic rings. The van der Waals surface area contributed by atoms with E-state index in [4.69, 9.17) is 0 Å². The average Bonchev–Trinajstić information content (AvgIpc) is 2.25. The molecule has 1 aliphatic heterocycles. The monoisotopic (exact) mass is 260 g/mol. The Labute approximate surface area is 111 Å². The zero-order valence-corrected chi connectivity index (χ0v) is 11.4. The fourth-order valence-corrected chi connectivity index (χ4v) is 2.62. The molecule has 1 atom stereocenters. The van der Waals surface area contributed by atoms with E-state index in [-0.39, 0.29) is 18.3 Å². The maximum absolute atomic E-state index is 11.6. The third-order valence-corrected chi connectivity index (χ3v) is 3.97. The number of carbonyl (C=O) groups is 1. The van der Waals surface area contributed by atoms with Gasteiger partial charge < -0.3 is 10.6 Å². The first-order valence-corrected chi connectivity index (χ1v) is 6.82. The number of piperidine rings is 1. The van der Waals surface area contributed by atoms with Crippen molar-refractivity contribution in [3.8, 4) is 0 Å². The lowest BCUT2D eigenvalue weighted by atomic mass is 9.83. The van der Waals surface area contributed by atoms with Gasteiger partial charge in [-0.15, -0.1) is 12.4 Å². The molecule has 0 spiro atoms. The van der Waals surface area contributed by atoms with Gasteiger partial charge in [0, 0.05) is 13.0 Å². The molecule has 0 aromatic rings. The summed E-state index contributed by atoms with van der Waals surface area (Å²) >= 11 is 0. The van der Waals surface area contributed by atoms with Gasteiger partial charge in [-0.1, -0.05) is 6.42 Å². The summed E-state index contributed by atoms with van der Waals surface area (Å²) in [6, 6.07) is 0. The van der Waals surface area contributed by atoms with Crippen LogP contribution in [0.1, 0.15) is 44.9 Å². The van der Waals surface area contributed by atoms with Crippen LogP contribution in [0.5, 0.6) is 0 Å². The van der Waals surface area contributed by atoms with Crippen molar-refractivity contribution in [2.45, 2.75) is 44.9 Å². The summed E-state index contributed by atoms with van der Waals surface area (Å²) in [5.41, 5.74) is 0. The van der Waals surface area contributed by atoms with Crippen molar-refractivity contribution in [2.75, 3.05) is 19.6 Å². The minimum atomic E-state index is 0. The van der Waals surface area contributed by atoms with Crippen molar-refractivity contribution in [3.05, 3.63) is 0 Å². The van der Waals surface area contributed by atoms with Crippen LogP contribution in [0.2, 0.25) is 0 Å². The molecule has 0 aromatic carbocycles. The van der Waals surface area contributed by atoms with Crippen LogP contribution in [-0.2, 0) is 4.79 Å². The van der Waals surface area contributed by atoms with Gasteiger partial charge in [-0.25, -0.2) is 0 Å². The maximum Gasteiger partial charge on any atom is 0.220 e. The van der Waals surface area contributed by atoms with Gasteiger partial charge in [-0.3, -0.25) is 4.79 Å². The van der Waals surface area contributed by atoms with Gasteiger partial charge in [0.05, 0.1) is 0 Å². The lowest BCUT2D eigenvalue weighted by Gasteiger charge is -2.25. The van der Waals surface area contributed by atoms with Gasteiger partial charge in [-0.05, 0) is 57.0 Å². The Morgan fingerprint density at radius 3 is 2.53 bits per heavy atom. The molecule has 0 aromatic heterocycles. The predicted molar refractivity (Wildman–Crippen MR) is 72.4 cm³/mol. The van der Waals surface area contributed by atoms with Gasteiger partial charge in [0.2, 0.25) is 5.91 Å². The largest absolute Gasteiger partial charge is 0.356 e. The zero-order valence-electron chi connectivity index (χ0n) is 10.5. The lowest BCUT2D eigenvalue weighted by molar-refractivity contribution is -0.122. The summed E-state index contributed by atoms with van der Waals surface area (Å²) in [7, 11) is 0. The molecule has 2 rings (SSSR count). The fourth-order valence-electron chi connectivity index (χ4n) is 2.62. The molecular formula is C13H25ClN2O. The lowest BCUT2D eigenvalue weighted by Crippen LogP contribution is -2.34. The van der Waals surface area contributed by atoms with Gasteiger partial charge in [-0.2, -0.15) is 0 Å². The molecule has 4 heteroatoms. The van der Waals surface area contributed by atoms with Crippen molar-refractivity contribution < 1.29 is 4.79 Å². The summed E-state index contributed by atoms with van der Waals surface area (Å²) in [6.07, 6.45) is 8.38. The van der Waals surface area contributed by atoms with Crippen LogP contribution < -0.4 is 10.6 Å². The second-order valence-corrected chi connectivity index (χ2v) is 5.35. The second kappa shape index (κ2) is 7.93. The van der Waals surface area contributed by atoms with E-state index < -0.39 is 0 Å². The second-order valence-electron chi connectivity index (χ2n) is 5.35. The standard InChI is InChI=1S/C13H24N2O.ClH/c16-13(9-11-3-1-4-11)15-8-6-12-5-2-7-14-10-12;/h11-12,14H,1-10H2,(H,15,16);1H. The molecule has 1 aliphatic carbocycles. The number of nitrogens with one attached hydrogen (secondary N) is 2. The highest BCUT2D eigenvalue weighted by Gasteiger charge is 2.20. The molecule has 1 saturated carbocycles. The molecule has 1 amide bonds. The first kappa shape index (κ1) is 14.8. The quantitative estimate of drug-likeness (QED) is 0.795. The van der Waals surface area contributed by atoms with Crippen LogP contribution in [0, 0.1) is 11.8 Å². The normalized spacial score (nSPS) is 24.6. The molecule has 2 N–H and O–H groups in total. The fraction of sp³-hybridized carbons (Fsp3) is 0.923. The Balaban J connectivity index is 0.00000144. The van der Waals surface area contributed by atoms with E-state index in [9.17, 15) is 4.79 Å². The van der Waals surface area contributed by atoms with Gasteiger partial charge >= 0.3 is 0 Å². The molecule has 3 nitrogen and oxygen atoms in total. The highest BCUT2D eigenvalue weighted by molar-refractivity contribution is 5.85. The van der Waals surface area contributed by atoms with E-state index in [1.807, 2.05) is 0 Å². The number of amides is 1. The number of rotatable bonds is 5. The summed E-state index contributed by atoms with van der Waals surface area (Å²) < 4.78 is 0. The minimum Gasteiger partial charge on any atom is -0.356 e. The molecule has 1 unspecified atom stereocenters. The molecule has 1 saturated heterocycles. The van der Waals surface area contributed by atoms with E-state index in [1.165, 1.54) is 38.6 Å². The summed E-state index contributed by atoms with van der Waals surface area (Å²) in [6.45, 7) is 3.18. The molecule has 0 bridgehead atoms. The zero-order chi connectivity index (χ0) is 11.2. The van der Waals surface area contributed by atoms with E-state index in [0.29, 0.717) is 5.92 Å². The Hall–Kier alpha value is -0.280. The van der Waals surface area contributed by atoms with Gasteiger partial charge in [0.15, 0.2) is 0 Å². The summed E-state index contributed by atoms with van der Waals surface area (Å²) in [4.78, 5) is 11.6. The Kier molecular flexibility index (Phi) is 6.90. The third-order valence-electron chi connectivity index (χ3n) is 3.97. The molecular weight excluding hydrogens is 236 g/mol. The van der Waals surface area contributed by atoms with E-state index in [1.54, 1.807) is 0 Å². The first-order valence-electron chi connectivity index (χ1n) is 6.82. The van der Waals surface area contributed by atoms with Crippen molar-refractivity contribution in [3.63, 3.8) is 0 Å². The summed E-state index contributed by atoms with van der Waals surface area (Å²) in [5.74, 6) is 1.74. The van der Waals surface area contributed by atoms with E-state index >= 15 is 0 Å². The molecule has 100 valence electrons. The van der Waals surface area contributed by atoms with Crippen LogP contribution in [0.3, 0.4) is 0 Å². The minimum absolute atomic E-state index is 0.